The third-order valence-corrected chi connectivity index (χ3v) is 3.84. The zero-order valence-electron chi connectivity index (χ0n) is 9.08. The monoisotopic (exact) mass is 253 g/mol. The van der Waals surface area contributed by atoms with Gasteiger partial charge in [-0.3, -0.25) is 4.79 Å². The Hall–Kier alpha value is -1.06. The molecule has 0 aliphatic rings. The third-order valence-electron chi connectivity index (χ3n) is 2.16. The number of carbonyl (C=O) groups is 1. The summed E-state index contributed by atoms with van der Waals surface area (Å²) >= 11 is 7.62. The van der Waals surface area contributed by atoms with E-state index in [0.29, 0.717) is 9.90 Å². The first kappa shape index (κ1) is 11.4. The zero-order chi connectivity index (χ0) is 11.7. The second kappa shape index (κ2) is 4.44. The van der Waals surface area contributed by atoms with Crippen LogP contribution in [0.1, 0.15) is 23.5 Å². The van der Waals surface area contributed by atoms with E-state index >= 15 is 0 Å². The Balaban J connectivity index is 2.45. The van der Waals surface area contributed by atoms with Crippen molar-refractivity contribution in [2.75, 3.05) is 0 Å². The molecule has 0 saturated carbocycles. The van der Waals surface area contributed by atoms with Crippen LogP contribution in [0.15, 0.2) is 24.3 Å². The highest BCUT2D eigenvalue weighted by Crippen LogP contribution is 2.34. The van der Waals surface area contributed by atoms with Gasteiger partial charge in [-0.25, -0.2) is 0 Å². The Kier molecular flexibility index (Phi) is 3.17. The number of halogens is 1. The molecule has 0 aliphatic heterocycles. The molecular weight excluding hydrogens is 242 g/mol. The van der Waals surface area contributed by atoms with Gasteiger partial charge in [-0.15, -0.1) is 11.3 Å². The fraction of sp³-hybridized carbons (Fsp3) is 0.250. The van der Waals surface area contributed by atoms with Gasteiger partial charge in [0.05, 0.1) is 5.02 Å². The molecule has 1 amide bonds. The SMILES string of the molecule is CC(C)NC(=O)c1sc2ccccc2c1Cl. The number of carbonyl (C=O) groups excluding carboxylic acids is 1. The van der Waals surface area contributed by atoms with E-state index in [4.69, 9.17) is 11.6 Å². The van der Waals surface area contributed by atoms with E-state index in [9.17, 15) is 4.79 Å². The Morgan fingerprint density at radius 3 is 2.69 bits per heavy atom. The quantitative estimate of drug-likeness (QED) is 0.869. The maximum atomic E-state index is 11.9. The topological polar surface area (TPSA) is 29.1 Å². The maximum absolute atomic E-state index is 11.9. The van der Waals surface area contributed by atoms with Gasteiger partial charge in [-0.05, 0) is 19.9 Å². The third kappa shape index (κ3) is 2.06. The molecule has 84 valence electrons. The van der Waals surface area contributed by atoms with Crippen LogP contribution in [-0.2, 0) is 0 Å². The molecule has 1 N–H and O–H groups in total. The van der Waals surface area contributed by atoms with Crippen LogP contribution in [0.25, 0.3) is 10.1 Å². The van der Waals surface area contributed by atoms with Crippen LogP contribution in [0.5, 0.6) is 0 Å². The summed E-state index contributed by atoms with van der Waals surface area (Å²) in [4.78, 5) is 12.5. The molecule has 0 spiro atoms. The first-order chi connectivity index (χ1) is 7.59. The molecule has 0 atom stereocenters. The fourth-order valence-electron chi connectivity index (χ4n) is 1.49. The fourth-order valence-corrected chi connectivity index (χ4v) is 2.91. The number of hydrogen-bond donors (Lipinski definition) is 1. The number of rotatable bonds is 2. The smallest absolute Gasteiger partial charge is 0.263 e. The normalized spacial score (nSPS) is 11.0. The van der Waals surface area contributed by atoms with E-state index in [-0.39, 0.29) is 11.9 Å². The van der Waals surface area contributed by atoms with Gasteiger partial charge in [-0.1, -0.05) is 29.8 Å². The van der Waals surface area contributed by atoms with Crippen molar-refractivity contribution >= 4 is 38.9 Å². The van der Waals surface area contributed by atoms with E-state index in [1.54, 1.807) is 0 Å². The van der Waals surface area contributed by atoms with Gasteiger partial charge < -0.3 is 5.32 Å². The minimum atomic E-state index is -0.0961. The summed E-state index contributed by atoms with van der Waals surface area (Å²) in [6, 6.07) is 7.89. The molecule has 0 radical (unpaired) electrons. The predicted octanol–water partition coefficient (Wildman–Crippen LogP) is 3.69. The van der Waals surface area contributed by atoms with Crippen molar-refractivity contribution in [3.63, 3.8) is 0 Å². The molecule has 1 aromatic heterocycles. The highest BCUT2D eigenvalue weighted by Gasteiger charge is 2.16. The predicted molar refractivity (Wildman–Crippen MR) is 69.4 cm³/mol. The molecule has 0 fully saturated rings. The average Bonchev–Trinajstić information content (AvgIpc) is 2.56. The summed E-state index contributed by atoms with van der Waals surface area (Å²) in [7, 11) is 0. The molecule has 0 bridgehead atoms. The second-order valence-corrected chi connectivity index (χ2v) is 5.30. The van der Waals surface area contributed by atoms with Crippen LogP contribution < -0.4 is 5.32 Å². The van der Waals surface area contributed by atoms with Crippen molar-refractivity contribution in [1.29, 1.82) is 0 Å². The lowest BCUT2D eigenvalue weighted by Crippen LogP contribution is -2.29. The molecule has 2 aromatic rings. The van der Waals surface area contributed by atoms with Gasteiger partial charge in [0.25, 0.3) is 5.91 Å². The lowest BCUT2D eigenvalue weighted by molar-refractivity contribution is 0.0947. The van der Waals surface area contributed by atoms with Crippen molar-refractivity contribution in [2.24, 2.45) is 0 Å². The Bertz CT molecular complexity index is 533. The molecule has 1 heterocycles. The first-order valence-corrected chi connectivity index (χ1v) is 6.27. The molecule has 1 aromatic carbocycles. The van der Waals surface area contributed by atoms with Gasteiger partial charge in [-0.2, -0.15) is 0 Å². The van der Waals surface area contributed by atoms with E-state index in [1.165, 1.54) is 11.3 Å². The summed E-state index contributed by atoms with van der Waals surface area (Å²) in [5.74, 6) is -0.0961. The molecule has 2 rings (SSSR count). The van der Waals surface area contributed by atoms with Crippen LogP contribution in [0.4, 0.5) is 0 Å². The molecule has 16 heavy (non-hydrogen) atoms. The largest absolute Gasteiger partial charge is 0.349 e. The van der Waals surface area contributed by atoms with Crippen LogP contribution >= 0.6 is 22.9 Å². The van der Waals surface area contributed by atoms with Crippen LogP contribution in [0.2, 0.25) is 5.02 Å². The molecule has 0 aliphatic carbocycles. The Morgan fingerprint density at radius 2 is 2.06 bits per heavy atom. The summed E-state index contributed by atoms with van der Waals surface area (Å²) in [5.41, 5.74) is 0. The number of benzene rings is 1. The van der Waals surface area contributed by atoms with Crippen molar-refractivity contribution in [3.05, 3.63) is 34.2 Å². The van der Waals surface area contributed by atoms with Crippen molar-refractivity contribution in [1.82, 2.24) is 5.32 Å². The van der Waals surface area contributed by atoms with Gasteiger partial charge in [0.2, 0.25) is 0 Å². The van der Waals surface area contributed by atoms with Crippen LogP contribution in [0.3, 0.4) is 0 Å². The maximum Gasteiger partial charge on any atom is 0.263 e. The van der Waals surface area contributed by atoms with E-state index in [1.807, 2.05) is 38.1 Å². The average molecular weight is 254 g/mol. The summed E-state index contributed by atoms with van der Waals surface area (Å²) in [6.07, 6.45) is 0. The minimum absolute atomic E-state index is 0.0961. The highest BCUT2D eigenvalue weighted by atomic mass is 35.5. The Morgan fingerprint density at radius 1 is 1.38 bits per heavy atom. The van der Waals surface area contributed by atoms with Crippen LogP contribution in [-0.4, -0.2) is 11.9 Å². The summed E-state index contributed by atoms with van der Waals surface area (Å²) in [5, 5.41) is 4.35. The number of amides is 1. The highest BCUT2D eigenvalue weighted by molar-refractivity contribution is 7.21. The number of hydrogen-bond acceptors (Lipinski definition) is 2. The molecular formula is C12H12ClNOS. The van der Waals surface area contributed by atoms with Gasteiger partial charge in [0.15, 0.2) is 0 Å². The van der Waals surface area contributed by atoms with Crippen molar-refractivity contribution in [3.8, 4) is 0 Å². The number of fused-ring (bicyclic) bond motifs is 1. The van der Waals surface area contributed by atoms with E-state index in [2.05, 4.69) is 5.32 Å². The first-order valence-electron chi connectivity index (χ1n) is 5.07. The van der Waals surface area contributed by atoms with Gasteiger partial charge in [0, 0.05) is 16.1 Å². The van der Waals surface area contributed by atoms with E-state index < -0.39 is 0 Å². The van der Waals surface area contributed by atoms with E-state index in [0.717, 1.165) is 10.1 Å². The van der Waals surface area contributed by atoms with Gasteiger partial charge in [0.1, 0.15) is 4.88 Å². The van der Waals surface area contributed by atoms with Crippen LogP contribution in [0, 0.1) is 0 Å². The number of thiophene rings is 1. The Labute approximate surface area is 103 Å². The summed E-state index contributed by atoms with van der Waals surface area (Å²) in [6.45, 7) is 3.86. The molecule has 0 saturated heterocycles. The van der Waals surface area contributed by atoms with Gasteiger partial charge >= 0.3 is 0 Å². The molecule has 4 heteroatoms. The lowest BCUT2D eigenvalue weighted by Gasteiger charge is -2.06. The lowest BCUT2D eigenvalue weighted by atomic mass is 10.2. The molecule has 0 unspecified atom stereocenters. The number of nitrogens with one attached hydrogen (secondary N) is 1. The van der Waals surface area contributed by atoms with Crippen molar-refractivity contribution in [2.45, 2.75) is 19.9 Å². The zero-order valence-corrected chi connectivity index (χ0v) is 10.7. The standard InChI is InChI=1S/C12H12ClNOS/c1-7(2)14-12(15)11-10(13)8-5-3-4-6-9(8)16-11/h3-7H,1-2H3,(H,14,15). The van der Waals surface area contributed by atoms with Crippen molar-refractivity contribution < 1.29 is 4.79 Å². The molecule has 2 nitrogen and oxygen atoms in total. The minimum Gasteiger partial charge on any atom is -0.349 e. The second-order valence-electron chi connectivity index (χ2n) is 3.87. The summed E-state index contributed by atoms with van der Waals surface area (Å²) < 4.78 is 1.04.